The van der Waals surface area contributed by atoms with E-state index in [-0.39, 0.29) is 0 Å². The van der Waals surface area contributed by atoms with E-state index in [9.17, 15) is 0 Å². The fourth-order valence-electron chi connectivity index (χ4n) is 3.07. The lowest BCUT2D eigenvalue weighted by molar-refractivity contribution is 1.48. The third kappa shape index (κ3) is 2.11. The molecule has 0 bridgehead atoms. The van der Waals surface area contributed by atoms with Gasteiger partial charge in [0, 0.05) is 5.56 Å². The molecule has 23 heavy (non-hydrogen) atoms. The van der Waals surface area contributed by atoms with Crippen LogP contribution >= 0.6 is 11.3 Å². The molecular formula is C21H13NS. The molecule has 0 unspecified atom stereocenters. The number of rotatable bonds is 1. The number of hydrogen-bond donors (Lipinski definition) is 0. The molecule has 108 valence electrons. The van der Waals surface area contributed by atoms with Gasteiger partial charge < -0.3 is 0 Å². The molecule has 0 atom stereocenters. The smallest absolute Gasteiger partial charge is 0.124 e. The Bertz CT molecular complexity index is 1140. The average molecular weight is 311 g/mol. The Morgan fingerprint density at radius 1 is 0.609 bits per heavy atom. The van der Waals surface area contributed by atoms with Crippen molar-refractivity contribution in [1.29, 1.82) is 0 Å². The van der Waals surface area contributed by atoms with Crippen molar-refractivity contribution in [2.75, 3.05) is 0 Å². The fraction of sp³-hybridized carbons (Fsp3) is 0. The number of benzene rings is 4. The van der Waals surface area contributed by atoms with Gasteiger partial charge in [-0.05, 0) is 51.9 Å². The van der Waals surface area contributed by atoms with Crippen LogP contribution in [0.15, 0.2) is 78.9 Å². The standard InChI is InChI=1S/C21H13NS/c1-2-6-15-12-18-13-17(10-9-16(18)11-14(15)5-1)21-22-19-7-3-4-8-20(19)23-21/h1-13H. The Morgan fingerprint density at radius 3 is 2.13 bits per heavy atom. The summed E-state index contributed by atoms with van der Waals surface area (Å²) in [7, 11) is 0. The predicted molar refractivity (Wildman–Crippen MR) is 100 cm³/mol. The Balaban J connectivity index is 1.73. The molecule has 0 radical (unpaired) electrons. The third-order valence-corrected chi connectivity index (χ3v) is 5.33. The Hall–Kier alpha value is -2.71. The summed E-state index contributed by atoms with van der Waals surface area (Å²) in [5, 5.41) is 6.18. The molecule has 0 saturated heterocycles. The van der Waals surface area contributed by atoms with E-state index in [1.54, 1.807) is 11.3 Å². The first-order chi connectivity index (χ1) is 11.4. The lowest BCUT2D eigenvalue weighted by Gasteiger charge is -2.04. The molecule has 1 nitrogen and oxygen atoms in total. The van der Waals surface area contributed by atoms with Crippen molar-refractivity contribution in [3.8, 4) is 10.6 Å². The maximum atomic E-state index is 4.77. The third-order valence-electron chi connectivity index (χ3n) is 4.25. The van der Waals surface area contributed by atoms with E-state index < -0.39 is 0 Å². The second kappa shape index (κ2) is 4.90. The molecule has 0 amide bonds. The molecule has 0 aliphatic heterocycles. The van der Waals surface area contributed by atoms with E-state index >= 15 is 0 Å². The van der Waals surface area contributed by atoms with Crippen LogP contribution in [0.1, 0.15) is 0 Å². The van der Waals surface area contributed by atoms with Gasteiger partial charge >= 0.3 is 0 Å². The SMILES string of the molecule is c1ccc2cc3cc(-c4nc5ccccc5s4)ccc3cc2c1. The average Bonchev–Trinajstić information content (AvgIpc) is 3.03. The van der Waals surface area contributed by atoms with Gasteiger partial charge in [0.2, 0.25) is 0 Å². The van der Waals surface area contributed by atoms with Crippen molar-refractivity contribution in [2.45, 2.75) is 0 Å². The summed E-state index contributed by atoms with van der Waals surface area (Å²) in [5.74, 6) is 0. The maximum absolute atomic E-state index is 4.77. The number of fused-ring (bicyclic) bond motifs is 3. The van der Waals surface area contributed by atoms with Gasteiger partial charge in [-0.25, -0.2) is 4.98 Å². The summed E-state index contributed by atoms with van der Waals surface area (Å²) in [6, 6.07) is 28.0. The second-order valence-corrected chi connectivity index (χ2v) is 6.78. The number of aromatic nitrogens is 1. The topological polar surface area (TPSA) is 12.9 Å². The quantitative estimate of drug-likeness (QED) is 0.332. The van der Waals surface area contributed by atoms with Crippen LogP contribution in [0.5, 0.6) is 0 Å². The summed E-state index contributed by atoms with van der Waals surface area (Å²) in [5.41, 5.74) is 2.26. The molecule has 5 rings (SSSR count). The monoisotopic (exact) mass is 311 g/mol. The maximum Gasteiger partial charge on any atom is 0.124 e. The minimum absolute atomic E-state index is 1.08. The second-order valence-electron chi connectivity index (χ2n) is 5.75. The number of hydrogen-bond acceptors (Lipinski definition) is 2. The Morgan fingerprint density at radius 2 is 1.30 bits per heavy atom. The van der Waals surface area contributed by atoms with E-state index in [1.807, 2.05) is 6.07 Å². The van der Waals surface area contributed by atoms with E-state index in [0.29, 0.717) is 0 Å². The van der Waals surface area contributed by atoms with Gasteiger partial charge in [-0.2, -0.15) is 0 Å². The molecule has 1 aromatic heterocycles. The van der Waals surface area contributed by atoms with E-state index in [0.717, 1.165) is 10.5 Å². The van der Waals surface area contributed by atoms with E-state index in [4.69, 9.17) is 4.98 Å². The largest absolute Gasteiger partial charge is 0.236 e. The molecule has 0 fully saturated rings. The molecule has 4 aromatic carbocycles. The van der Waals surface area contributed by atoms with Gasteiger partial charge in [-0.15, -0.1) is 11.3 Å². The van der Waals surface area contributed by atoms with Crippen LogP contribution in [-0.2, 0) is 0 Å². The Kier molecular flexibility index (Phi) is 2.73. The molecule has 5 aromatic rings. The normalized spacial score (nSPS) is 11.5. The van der Waals surface area contributed by atoms with Crippen molar-refractivity contribution in [1.82, 2.24) is 4.98 Å². The van der Waals surface area contributed by atoms with Crippen molar-refractivity contribution in [3.63, 3.8) is 0 Å². The highest BCUT2D eigenvalue weighted by Gasteiger charge is 2.07. The van der Waals surface area contributed by atoms with Gasteiger partial charge in [-0.1, -0.05) is 48.5 Å². The number of nitrogens with zero attached hydrogens (tertiary/aromatic N) is 1. The zero-order chi connectivity index (χ0) is 15.2. The first-order valence-corrected chi connectivity index (χ1v) is 8.47. The predicted octanol–water partition coefficient (Wildman–Crippen LogP) is 6.27. The van der Waals surface area contributed by atoms with Gasteiger partial charge in [0.1, 0.15) is 5.01 Å². The highest BCUT2D eigenvalue weighted by Crippen LogP contribution is 2.32. The van der Waals surface area contributed by atoms with Crippen molar-refractivity contribution in [3.05, 3.63) is 78.9 Å². The van der Waals surface area contributed by atoms with Crippen LogP contribution in [0.2, 0.25) is 0 Å². The molecule has 0 saturated carbocycles. The summed E-state index contributed by atoms with van der Waals surface area (Å²) in [6.07, 6.45) is 0. The lowest BCUT2D eigenvalue weighted by Crippen LogP contribution is -1.79. The lowest BCUT2D eigenvalue weighted by atomic mass is 10.0. The van der Waals surface area contributed by atoms with Crippen LogP contribution in [0.3, 0.4) is 0 Å². The highest BCUT2D eigenvalue weighted by atomic mass is 32.1. The molecule has 0 aliphatic rings. The minimum atomic E-state index is 1.08. The molecule has 2 heteroatoms. The number of para-hydroxylation sites is 1. The number of thiazole rings is 1. The van der Waals surface area contributed by atoms with Gasteiger partial charge in [-0.3, -0.25) is 0 Å². The van der Waals surface area contributed by atoms with E-state index in [2.05, 4.69) is 72.8 Å². The summed E-state index contributed by atoms with van der Waals surface area (Å²) in [4.78, 5) is 4.77. The minimum Gasteiger partial charge on any atom is -0.236 e. The molecule has 0 spiro atoms. The first kappa shape index (κ1) is 12.8. The van der Waals surface area contributed by atoms with Crippen LogP contribution in [0, 0.1) is 0 Å². The Labute approximate surface area is 137 Å². The van der Waals surface area contributed by atoms with Crippen LogP contribution < -0.4 is 0 Å². The van der Waals surface area contributed by atoms with E-state index in [1.165, 1.54) is 31.8 Å². The van der Waals surface area contributed by atoms with Gasteiger partial charge in [0.05, 0.1) is 10.2 Å². The summed E-state index contributed by atoms with van der Waals surface area (Å²) < 4.78 is 1.24. The summed E-state index contributed by atoms with van der Waals surface area (Å²) in [6.45, 7) is 0. The van der Waals surface area contributed by atoms with Crippen LogP contribution in [0.4, 0.5) is 0 Å². The first-order valence-electron chi connectivity index (χ1n) is 7.65. The fourth-order valence-corrected chi connectivity index (χ4v) is 4.03. The zero-order valence-electron chi connectivity index (χ0n) is 12.4. The highest BCUT2D eigenvalue weighted by molar-refractivity contribution is 7.21. The van der Waals surface area contributed by atoms with Crippen molar-refractivity contribution >= 4 is 43.1 Å². The van der Waals surface area contributed by atoms with Gasteiger partial charge in [0.15, 0.2) is 0 Å². The van der Waals surface area contributed by atoms with Gasteiger partial charge in [0.25, 0.3) is 0 Å². The molecule has 1 heterocycles. The van der Waals surface area contributed by atoms with Crippen molar-refractivity contribution in [2.24, 2.45) is 0 Å². The molecule has 0 N–H and O–H groups in total. The molecular weight excluding hydrogens is 298 g/mol. The van der Waals surface area contributed by atoms with Crippen LogP contribution in [0.25, 0.3) is 42.3 Å². The summed E-state index contributed by atoms with van der Waals surface area (Å²) >= 11 is 1.75. The zero-order valence-corrected chi connectivity index (χ0v) is 13.2. The molecule has 0 aliphatic carbocycles. The van der Waals surface area contributed by atoms with Crippen molar-refractivity contribution < 1.29 is 0 Å². The van der Waals surface area contributed by atoms with Crippen LogP contribution in [-0.4, -0.2) is 4.98 Å².